The normalized spacial score (nSPS) is 10.2. The van der Waals surface area contributed by atoms with Crippen LogP contribution in [0, 0.1) is 0 Å². The summed E-state index contributed by atoms with van der Waals surface area (Å²) in [4.78, 5) is 15.9. The molecule has 2 aromatic rings. The van der Waals surface area contributed by atoms with E-state index in [-0.39, 0.29) is 5.91 Å². The monoisotopic (exact) mass is 344 g/mol. The van der Waals surface area contributed by atoms with E-state index in [1.807, 2.05) is 0 Å². The van der Waals surface area contributed by atoms with Gasteiger partial charge in [0.05, 0.1) is 16.3 Å². The molecule has 0 bridgehead atoms. The fourth-order valence-electron chi connectivity index (χ4n) is 1.32. The molecule has 1 amide bonds. The number of anilines is 1. The maximum Gasteiger partial charge on any atom is 0.257 e. The van der Waals surface area contributed by atoms with E-state index in [9.17, 15) is 4.79 Å². The van der Waals surface area contributed by atoms with Gasteiger partial charge in [-0.3, -0.25) is 9.78 Å². The summed E-state index contributed by atoms with van der Waals surface area (Å²) < 4.78 is 0.734. The first kappa shape index (κ1) is 13.3. The number of amides is 1. The summed E-state index contributed by atoms with van der Waals surface area (Å²) in [6.07, 6.45) is 3.08. The van der Waals surface area contributed by atoms with Gasteiger partial charge >= 0.3 is 0 Å². The van der Waals surface area contributed by atoms with Gasteiger partial charge in [-0.25, -0.2) is 0 Å². The number of aromatic nitrogens is 1. The molecule has 0 radical (unpaired) electrons. The number of nitrogens with one attached hydrogen (secondary N) is 1. The van der Waals surface area contributed by atoms with Gasteiger partial charge < -0.3 is 5.32 Å². The van der Waals surface area contributed by atoms with Crippen molar-refractivity contribution in [2.24, 2.45) is 0 Å². The molecule has 0 saturated carbocycles. The van der Waals surface area contributed by atoms with E-state index in [0.717, 1.165) is 4.47 Å². The summed E-state index contributed by atoms with van der Waals surface area (Å²) in [7, 11) is 0. The van der Waals surface area contributed by atoms with Crippen molar-refractivity contribution in [3.63, 3.8) is 0 Å². The maximum atomic E-state index is 11.9. The number of hydrogen-bond acceptors (Lipinski definition) is 2. The fourth-order valence-corrected chi connectivity index (χ4v) is 2.14. The molecule has 92 valence electrons. The minimum absolute atomic E-state index is 0.284. The zero-order valence-corrected chi connectivity index (χ0v) is 12.1. The van der Waals surface area contributed by atoms with Crippen LogP contribution < -0.4 is 5.32 Å². The molecule has 3 nitrogen and oxygen atoms in total. The Morgan fingerprint density at radius 3 is 2.67 bits per heavy atom. The summed E-state index contributed by atoms with van der Waals surface area (Å²) in [5.41, 5.74) is 0.946. The Morgan fingerprint density at radius 1 is 1.22 bits per heavy atom. The predicted octanol–water partition coefficient (Wildman–Crippen LogP) is 4.40. The van der Waals surface area contributed by atoms with Crippen molar-refractivity contribution in [2.75, 3.05) is 5.32 Å². The topological polar surface area (TPSA) is 42.0 Å². The smallest absolute Gasteiger partial charge is 0.257 e. The van der Waals surface area contributed by atoms with Crippen molar-refractivity contribution in [2.45, 2.75) is 0 Å². The molecule has 1 heterocycles. The average Bonchev–Trinajstić information content (AvgIpc) is 2.32. The molecule has 1 aromatic heterocycles. The molecular formula is C12H7BrCl2N2O. The minimum atomic E-state index is -0.284. The van der Waals surface area contributed by atoms with Gasteiger partial charge in [0, 0.05) is 21.9 Å². The van der Waals surface area contributed by atoms with Crippen LogP contribution in [0.4, 0.5) is 5.69 Å². The molecule has 0 aliphatic rings. The van der Waals surface area contributed by atoms with Crippen molar-refractivity contribution in [1.29, 1.82) is 0 Å². The summed E-state index contributed by atoms with van der Waals surface area (Å²) in [5.74, 6) is -0.284. The van der Waals surface area contributed by atoms with Crippen molar-refractivity contribution in [3.8, 4) is 0 Å². The van der Waals surface area contributed by atoms with E-state index in [4.69, 9.17) is 23.2 Å². The third kappa shape index (κ3) is 3.22. The van der Waals surface area contributed by atoms with E-state index in [0.29, 0.717) is 21.3 Å². The fraction of sp³-hybridized carbons (Fsp3) is 0. The van der Waals surface area contributed by atoms with Gasteiger partial charge in [0.15, 0.2) is 0 Å². The third-order valence-electron chi connectivity index (χ3n) is 2.15. The van der Waals surface area contributed by atoms with Gasteiger partial charge in [0.2, 0.25) is 0 Å². The van der Waals surface area contributed by atoms with Gasteiger partial charge in [-0.1, -0.05) is 23.2 Å². The number of carbonyl (C=O) groups is 1. The Kier molecular flexibility index (Phi) is 4.22. The number of benzene rings is 1. The minimum Gasteiger partial charge on any atom is -0.321 e. The second-order valence-corrected chi connectivity index (χ2v) is 5.23. The van der Waals surface area contributed by atoms with E-state index in [1.165, 1.54) is 6.20 Å². The number of pyridine rings is 1. The Balaban J connectivity index is 2.21. The van der Waals surface area contributed by atoms with Crippen molar-refractivity contribution >= 4 is 50.7 Å². The van der Waals surface area contributed by atoms with Gasteiger partial charge in [0.1, 0.15) is 0 Å². The van der Waals surface area contributed by atoms with Crippen LogP contribution in [0.3, 0.4) is 0 Å². The van der Waals surface area contributed by atoms with E-state index in [2.05, 4.69) is 26.2 Å². The highest BCUT2D eigenvalue weighted by atomic mass is 79.9. The number of halogens is 3. The van der Waals surface area contributed by atoms with Gasteiger partial charge in [-0.2, -0.15) is 0 Å². The summed E-state index contributed by atoms with van der Waals surface area (Å²) in [6, 6.07) is 6.54. The van der Waals surface area contributed by atoms with E-state index in [1.54, 1.807) is 30.5 Å². The molecule has 0 aliphatic heterocycles. The lowest BCUT2D eigenvalue weighted by atomic mass is 10.2. The molecular weight excluding hydrogens is 339 g/mol. The Morgan fingerprint density at radius 2 is 2.00 bits per heavy atom. The summed E-state index contributed by atoms with van der Waals surface area (Å²) in [5, 5.41) is 3.59. The summed E-state index contributed by atoms with van der Waals surface area (Å²) in [6.45, 7) is 0. The molecule has 0 saturated heterocycles. The second kappa shape index (κ2) is 5.69. The second-order valence-electron chi connectivity index (χ2n) is 3.47. The van der Waals surface area contributed by atoms with Crippen molar-refractivity contribution < 1.29 is 4.79 Å². The molecule has 0 aliphatic carbocycles. The highest BCUT2D eigenvalue weighted by Crippen LogP contribution is 2.25. The lowest BCUT2D eigenvalue weighted by Gasteiger charge is -2.07. The zero-order valence-electron chi connectivity index (χ0n) is 8.95. The van der Waals surface area contributed by atoms with Crippen LogP contribution in [-0.4, -0.2) is 10.9 Å². The molecule has 0 atom stereocenters. The molecule has 0 spiro atoms. The van der Waals surface area contributed by atoms with Crippen molar-refractivity contribution in [1.82, 2.24) is 4.98 Å². The maximum absolute atomic E-state index is 11.9. The van der Waals surface area contributed by atoms with E-state index < -0.39 is 0 Å². The summed E-state index contributed by atoms with van der Waals surface area (Å²) >= 11 is 15.0. The van der Waals surface area contributed by atoms with Crippen LogP contribution in [0.2, 0.25) is 10.0 Å². The van der Waals surface area contributed by atoms with Crippen LogP contribution in [0.5, 0.6) is 0 Å². The van der Waals surface area contributed by atoms with Gasteiger partial charge in [-0.05, 0) is 40.2 Å². The number of rotatable bonds is 2. The van der Waals surface area contributed by atoms with Crippen LogP contribution in [0.25, 0.3) is 0 Å². The quantitative estimate of drug-likeness (QED) is 0.876. The average molecular weight is 346 g/mol. The lowest BCUT2D eigenvalue weighted by molar-refractivity contribution is 0.102. The van der Waals surface area contributed by atoms with E-state index >= 15 is 0 Å². The SMILES string of the molecule is O=C(Nc1ccc(Cl)cc1Cl)c1cncc(Br)c1. The van der Waals surface area contributed by atoms with Crippen molar-refractivity contribution in [3.05, 3.63) is 56.7 Å². The predicted molar refractivity (Wildman–Crippen MR) is 76.4 cm³/mol. The zero-order chi connectivity index (χ0) is 13.1. The standard InChI is InChI=1S/C12H7BrCl2N2O/c13-8-3-7(5-16-6-8)12(18)17-11-2-1-9(14)4-10(11)15/h1-6H,(H,17,18). The number of carbonyl (C=O) groups excluding carboxylic acids is 1. The molecule has 0 fully saturated rings. The third-order valence-corrected chi connectivity index (χ3v) is 3.13. The van der Waals surface area contributed by atoms with Gasteiger partial charge in [0.25, 0.3) is 5.91 Å². The highest BCUT2D eigenvalue weighted by molar-refractivity contribution is 9.10. The molecule has 2 rings (SSSR count). The van der Waals surface area contributed by atoms with Crippen LogP contribution >= 0.6 is 39.1 Å². The van der Waals surface area contributed by atoms with Crippen LogP contribution in [0.15, 0.2) is 41.1 Å². The number of nitrogens with zero attached hydrogens (tertiary/aromatic N) is 1. The lowest BCUT2D eigenvalue weighted by Crippen LogP contribution is -2.12. The Labute approximate surface area is 122 Å². The molecule has 0 unspecified atom stereocenters. The first-order valence-electron chi connectivity index (χ1n) is 4.93. The van der Waals surface area contributed by atoms with Crippen LogP contribution in [0.1, 0.15) is 10.4 Å². The Bertz CT molecular complexity index is 604. The largest absolute Gasteiger partial charge is 0.321 e. The van der Waals surface area contributed by atoms with Gasteiger partial charge in [-0.15, -0.1) is 0 Å². The first-order chi connectivity index (χ1) is 8.56. The molecule has 6 heteroatoms. The highest BCUT2D eigenvalue weighted by Gasteiger charge is 2.09. The van der Waals surface area contributed by atoms with Crippen LogP contribution in [-0.2, 0) is 0 Å². The first-order valence-corrected chi connectivity index (χ1v) is 6.48. The Hall–Kier alpha value is -1.10. The number of hydrogen-bond donors (Lipinski definition) is 1. The molecule has 1 N–H and O–H groups in total. The molecule has 1 aromatic carbocycles. The molecule has 18 heavy (non-hydrogen) atoms.